The van der Waals surface area contributed by atoms with Gasteiger partial charge in [-0.3, -0.25) is 9.59 Å². The Kier molecular flexibility index (Phi) is 14.8. The molecular formula is C28H48N2O21. The van der Waals surface area contributed by atoms with Crippen molar-refractivity contribution in [3.8, 4) is 0 Å². The highest BCUT2D eigenvalue weighted by Gasteiger charge is 2.56. The topological polar surface area (TPSA) is 366 Å². The molecule has 23 heteroatoms. The van der Waals surface area contributed by atoms with Gasteiger partial charge in [0.05, 0.1) is 26.4 Å². The zero-order valence-electron chi connectivity index (χ0n) is 27.4. The minimum atomic E-state index is -2.05. The van der Waals surface area contributed by atoms with Crippen molar-refractivity contribution in [2.75, 3.05) is 26.4 Å². The van der Waals surface area contributed by atoms with Crippen LogP contribution >= 0.6 is 0 Å². The van der Waals surface area contributed by atoms with E-state index in [-0.39, 0.29) is 0 Å². The molecule has 0 unspecified atom stereocenters. The van der Waals surface area contributed by atoms with Gasteiger partial charge in [-0.25, -0.2) is 0 Å². The number of rotatable bonds is 12. The summed E-state index contributed by atoms with van der Waals surface area (Å²) in [5.41, 5.74) is 0. The fourth-order valence-electron chi connectivity index (χ4n) is 6.35. The van der Waals surface area contributed by atoms with E-state index in [2.05, 4.69) is 10.6 Å². The van der Waals surface area contributed by atoms with Crippen LogP contribution in [0.5, 0.6) is 0 Å². The number of aliphatic hydroxyl groups is 12. The highest BCUT2D eigenvalue weighted by molar-refractivity contribution is 5.73. The van der Waals surface area contributed by atoms with Gasteiger partial charge >= 0.3 is 0 Å². The average molecular weight is 749 g/mol. The second kappa shape index (κ2) is 18.0. The molecule has 2 amide bonds. The summed E-state index contributed by atoms with van der Waals surface area (Å²) < 4.78 is 39.3. The molecule has 4 fully saturated rings. The zero-order chi connectivity index (χ0) is 37.9. The maximum Gasteiger partial charge on any atom is 0.217 e. The molecule has 4 rings (SSSR count). The molecule has 14 N–H and O–H groups in total. The lowest BCUT2D eigenvalue weighted by Crippen LogP contribution is -2.71. The molecule has 4 heterocycles. The number of nitrogens with one attached hydrogen (secondary N) is 2. The number of amides is 2. The highest BCUT2D eigenvalue weighted by Crippen LogP contribution is 2.34. The average Bonchev–Trinajstić information content (AvgIpc) is 3.09. The maximum absolute atomic E-state index is 12.4. The fraction of sp³-hybridized carbons (Fsp3) is 0.929. The summed E-state index contributed by atoms with van der Waals surface area (Å²) in [6, 6.07) is -3.12. The number of ether oxygens (including phenoxy) is 7. The second-order valence-corrected chi connectivity index (χ2v) is 12.6. The zero-order valence-corrected chi connectivity index (χ0v) is 27.4. The van der Waals surface area contributed by atoms with E-state index < -0.39 is 161 Å². The third-order valence-electron chi connectivity index (χ3n) is 9.01. The lowest BCUT2D eigenvalue weighted by Gasteiger charge is -2.50. The molecule has 0 saturated carbocycles. The van der Waals surface area contributed by atoms with Crippen LogP contribution in [0.3, 0.4) is 0 Å². The monoisotopic (exact) mass is 748 g/mol. The van der Waals surface area contributed by atoms with E-state index in [0.717, 1.165) is 13.8 Å². The van der Waals surface area contributed by atoms with Crippen LogP contribution in [0.15, 0.2) is 0 Å². The van der Waals surface area contributed by atoms with Crippen LogP contribution in [0.2, 0.25) is 0 Å². The van der Waals surface area contributed by atoms with E-state index in [0.29, 0.717) is 0 Å². The van der Waals surface area contributed by atoms with Crippen molar-refractivity contribution < 1.29 is 104 Å². The quantitative estimate of drug-likeness (QED) is 0.0881. The lowest BCUT2D eigenvalue weighted by molar-refractivity contribution is -0.377. The first-order chi connectivity index (χ1) is 24.1. The summed E-state index contributed by atoms with van der Waals surface area (Å²) in [5.74, 6) is -1.47. The molecule has 0 aromatic rings. The molecule has 4 aliphatic rings. The second-order valence-electron chi connectivity index (χ2n) is 12.6. The molecule has 296 valence electrons. The largest absolute Gasteiger partial charge is 0.394 e. The van der Waals surface area contributed by atoms with Gasteiger partial charge in [-0.15, -0.1) is 0 Å². The fourth-order valence-corrected chi connectivity index (χ4v) is 6.35. The van der Waals surface area contributed by atoms with Crippen LogP contribution < -0.4 is 10.6 Å². The summed E-state index contributed by atoms with van der Waals surface area (Å²) in [6.07, 6.45) is -31.7. The normalized spacial score (nSPS) is 47.8. The molecule has 0 aromatic heterocycles. The molecule has 0 radical (unpaired) electrons. The number of carbonyl (C=O) groups excluding carboxylic acids is 2. The van der Waals surface area contributed by atoms with Crippen molar-refractivity contribution in [3.63, 3.8) is 0 Å². The summed E-state index contributed by atoms with van der Waals surface area (Å²) in [6.45, 7) is -1.34. The third-order valence-corrected chi connectivity index (χ3v) is 9.01. The first-order valence-electron chi connectivity index (χ1n) is 16.1. The third kappa shape index (κ3) is 9.11. The van der Waals surface area contributed by atoms with Crippen LogP contribution in [0.1, 0.15) is 13.8 Å². The molecule has 0 aliphatic carbocycles. The molecule has 0 bridgehead atoms. The number of aliphatic hydroxyl groups excluding tert-OH is 12. The minimum Gasteiger partial charge on any atom is -0.394 e. The Morgan fingerprint density at radius 3 is 1.43 bits per heavy atom. The van der Waals surface area contributed by atoms with Crippen LogP contribution in [0.25, 0.3) is 0 Å². The number of hydrogen-bond donors (Lipinski definition) is 14. The Bertz CT molecular complexity index is 1140. The van der Waals surface area contributed by atoms with E-state index in [1.165, 1.54) is 0 Å². The molecule has 0 aromatic carbocycles. The molecule has 20 atom stereocenters. The Morgan fingerprint density at radius 2 is 0.902 bits per heavy atom. The molecule has 23 nitrogen and oxygen atoms in total. The predicted octanol–water partition coefficient (Wildman–Crippen LogP) is -9.46. The van der Waals surface area contributed by atoms with Crippen molar-refractivity contribution in [1.82, 2.24) is 10.6 Å². The molecular weight excluding hydrogens is 700 g/mol. The molecule has 4 aliphatic heterocycles. The first kappa shape index (κ1) is 41.9. The van der Waals surface area contributed by atoms with Crippen LogP contribution in [-0.4, -0.2) is 222 Å². The molecule has 0 spiro atoms. The number of hydrogen-bond acceptors (Lipinski definition) is 21. The predicted molar refractivity (Wildman–Crippen MR) is 157 cm³/mol. The van der Waals surface area contributed by atoms with Gasteiger partial charge in [-0.1, -0.05) is 0 Å². The Morgan fingerprint density at radius 1 is 0.471 bits per heavy atom. The van der Waals surface area contributed by atoms with Crippen molar-refractivity contribution in [2.45, 2.75) is 137 Å². The number of carbonyl (C=O) groups is 2. The van der Waals surface area contributed by atoms with Crippen LogP contribution in [0.4, 0.5) is 0 Å². The van der Waals surface area contributed by atoms with E-state index in [1.54, 1.807) is 0 Å². The summed E-state index contributed by atoms with van der Waals surface area (Å²) in [7, 11) is 0. The molecule has 51 heavy (non-hydrogen) atoms. The Hall–Kier alpha value is -1.82. The summed E-state index contributed by atoms with van der Waals surface area (Å²) in [5, 5.41) is 129. The minimum absolute atomic E-state index is 0.702. The van der Waals surface area contributed by atoms with Gasteiger partial charge in [-0.05, 0) is 0 Å². The van der Waals surface area contributed by atoms with Gasteiger partial charge in [-0.2, -0.15) is 0 Å². The van der Waals surface area contributed by atoms with E-state index in [1.807, 2.05) is 0 Å². The van der Waals surface area contributed by atoms with Crippen LogP contribution in [0, 0.1) is 0 Å². The van der Waals surface area contributed by atoms with E-state index >= 15 is 0 Å². The SMILES string of the molecule is CC(=O)N[C@H]1[C@@H](O[C@H]2[C@@H](O)[C@@H](CO)O[C@@H](O[C@H]3[C@@H](O)[C@@H](CO)O[C@H](O[C@H]4[C@H](O)[C@@H](O)[C@H](O)O[C@@H]4CO)[C@@H]3O)[C@@H]2NC(C)=O)O[C@H](CO)[C@H](O)[C@@H]1O. The van der Waals surface area contributed by atoms with Gasteiger partial charge in [0.2, 0.25) is 11.8 Å². The molecule has 4 saturated heterocycles. The summed E-state index contributed by atoms with van der Waals surface area (Å²) >= 11 is 0. The Labute approximate surface area is 289 Å². The van der Waals surface area contributed by atoms with Crippen molar-refractivity contribution in [3.05, 3.63) is 0 Å². The van der Waals surface area contributed by atoms with Gasteiger partial charge < -0.3 is 105 Å². The van der Waals surface area contributed by atoms with Gasteiger partial charge in [0.1, 0.15) is 97.5 Å². The maximum atomic E-state index is 12.4. The van der Waals surface area contributed by atoms with Gasteiger partial charge in [0.15, 0.2) is 25.2 Å². The van der Waals surface area contributed by atoms with Gasteiger partial charge in [0, 0.05) is 13.8 Å². The first-order valence-corrected chi connectivity index (χ1v) is 16.1. The standard InChI is InChI=1S/C28H48N2O21/c1-7(35)29-13-18(40)15(37)9(3-31)46-26(13)50-23-14(30-8(2)36)27(47-10(4-32)16(23)38)51-24-17(39)11(5-33)48-28(21(24)43)49-22-12(6-34)45-25(44)20(42)19(22)41/h9-28,31-34,37-44H,3-6H2,1-2H3,(H,29,35)(H,30,36)/t9-,10-,11-,12-,13-,14-,15+,16+,17+,18-,19-,20-,21-,22-,23-,24+,25-,26-,27+,28-/m1/s1. The smallest absolute Gasteiger partial charge is 0.217 e. The van der Waals surface area contributed by atoms with E-state index in [9.17, 15) is 70.9 Å². The van der Waals surface area contributed by atoms with Crippen LogP contribution in [-0.2, 0) is 42.7 Å². The van der Waals surface area contributed by atoms with Crippen molar-refractivity contribution in [2.24, 2.45) is 0 Å². The van der Waals surface area contributed by atoms with Crippen molar-refractivity contribution >= 4 is 11.8 Å². The highest BCUT2D eigenvalue weighted by atomic mass is 16.8. The lowest BCUT2D eigenvalue weighted by atomic mass is 9.93. The van der Waals surface area contributed by atoms with Crippen molar-refractivity contribution in [1.29, 1.82) is 0 Å². The van der Waals surface area contributed by atoms with Gasteiger partial charge in [0.25, 0.3) is 0 Å². The Balaban J connectivity index is 1.64. The van der Waals surface area contributed by atoms with E-state index in [4.69, 9.17) is 33.2 Å². The summed E-state index contributed by atoms with van der Waals surface area (Å²) in [4.78, 5) is 24.4.